The molecule has 4 heteroatoms. The Hall–Kier alpha value is -2.07. The van der Waals surface area contributed by atoms with Gasteiger partial charge in [0.05, 0.1) is 5.69 Å². The summed E-state index contributed by atoms with van der Waals surface area (Å²) in [5.74, 6) is 1.84. The normalized spacial score (nSPS) is 10.7. The Morgan fingerprint density at radius 1 is 1.20 bits per heavy atom. The minimum absolute atomic E-state index is 0.789. The summed E-state index contributed by atoms with van der Waals surface area (Å²) in [4.78, 5) is 4.62. The monoisotopic (exact) mass is 284 g/mol. The van der Waals surface area contributed by atoms with Gasteiger partial charge in [0.25, 0.3) is 0 Å². The molecule has 102 valence electrons. The van der Waals surface area contributed by atoms with E-state index in [2.05, 4.69) is 27.8 Å². The summed E-state index contributed by atoms with van der Waals surface area (Å²) >= 11 is 1.62. The average Bonchev–Trinajstić information content (AvgIpc) is 3.04. The van der Waals surface area contributed by atoms with Crippen molar-refractivity contribution in [2.24, 2.45) is 0 Å². The van der Waals surface area contributed by atoms with E-state index in [0.717, 1.165) is 34.5 Å². The van der Waals surface area contributed by atoms with Gasteiger partial charge in [0.15, 0.2) is 5.13 Å². The molecule has 0 aliphatic rings. The minimum atomic E-state index is 0.789. The average molecular weight is 284 g/mol. The van der Waals surface area contributed by atoms with Crippen LogP contribution < -0.4 is 5.32 Å². The van der Waals surface area contributed by atoms with Gasteiger partial charge in [-0.1, -0.05) is 30.3 Å². The van der Waals surface area contributed by atoms with E-state index in [-0.39, 0.29) is 0 Å². The van der Waals surface area contributed by atoms with Crippen LogP contribution in [0, 0.1) is 13.8 Å². The Morgan fingerprint density at radius 3 is 2.70 bits per heavy atom. The summed E-state index contributed by atoms with van der Waals surface area (Å²) in [5.41, 5.74) is 3.30. The number of furan rings is 1. The van der Waals surface area contributed by atoms with Crippen molar-refractivity contribution in [1.82, 2.24) is 4.98 Å². The van der Waals surface area contributed by atoms with E-state index in [1.54, 1.807) is 11.3 Å². The van der Waals surface area contributed by atoms with Gasteiger partial charge in [-0.25, -0.2) is 4.98 Å². The minimum Gasteiger partial charge on any atom is -0.466 e. The van der Waals surface area contributed by atoms with E-state index < -0.39 is 0 Å². The van der Waals surface area contributed by atoms with Crippen molar-refractivity contribution in [2.75, 3.05) is 5.32 Å². The first-order chi connectivity index (χ1) is 9.72. The fourth-order valence-corrected chi connectivity index (χ4v) is 2.85. The van der Waals surface area contributed by atoms with Crippen LogP contribution in [0.3, 0.4) is 0 Å². The highest BCUT2D eigenvalue weighted by atomic mass is 32.1. The van der Waals surface area contributed by atoms with E-state index in [4.69, 9.17) is 4.42 Å². The molecule has 2 heterocycles. The van der Waals surface area contributed by atoms with Crippen LogP contribution >= 0.6 is 11.3 Å². The van der Waals surface area contributed by atoms with E-state index in [0.29, 0.717) is 0 Å². The Bertz CT molecular complexity index is 700. The lowest BCUT2D eigenvalue weighted by Gasteiger charge is -2.01. The lowest BCUT2D eigenvalue weighted by molar-refractivity contribution is 0.505. The second-order valence-electron chi connectivity index (χ2n) is 4.70. The number of nitrogens with zero attached hydrogens (tertiary/aromatic N) is 1. The molecule has 0 saturated carbocycles. The molecule has 0 spiro atoms. The fraction of sp³-hybridized carbons (Fsp3) is 0.188. The van der Waals surface area contributed by atoms with Crippen LogP contribution in [0.25, 0.3) is 11.3 Å². The maximum absolute atomic E-state index is 5.55. The molecule has 0 fully saturated rings. The summed E-state index contributed by atoms with van der Waals surface area (Å²) in [6, 6.07) is 12.3. The number of hydrogen-bond acceptors (Lipinski definition) is 4. The largest absolute Gasteiger partial charge is 0.466 e. The third-order valence-electron chi connectivity index (χ3n) is 3.11. The van der Waals surface area contributed by atoms with Crippen molar-refractivity contribution >= 4 is 16.5 Å². The molecular formula is C16H16N2OS. The van der Waals surface area contributed by atoms with Gasteiger partial charge in [0.1, 0.15) is 11.5 Å². The quantitative estimate of drug-likeness (QED) is 0.759. The zero-order chi connectivity index (χ0) is 13.9. The summed E-state index contributed by atoms with van der Waals surface area (Å²) < 4.78 is 5.55. The van der Waals surface area contributed by atoms with E-state index in [1.807, 2.05) is 38.1 Å². The number of aryl methyl sites for hydroxylation is 2. The summed E-state index contributed by atoms with van der Waals surface area (Å²) in [7, 11) is 0. The van der Waals surface area contributed by atoms with Gasteiger partial charge in [-0.05, 0) is 25.5 Å². The maximum Gasteiger partial charge on any atom is 0.183 e. The van der Waals surface area contributed by atoms with Gasteiger partial charge in [-0.3, -0.25) is 0 Å². The molecule has 0 saturated heterocycles. The second kappa shape index (κ2) is 5.51. The molecule has 0 unspecified atom stereocenters. The highest BCUT2D eigenvalue weighted by molar-refractivity contribution is 7.14. The first-order valence-electron chi connectivity index (χ1n) is 6.53. The molecule has 1 N–H and O–H groups in total. The standard InChI is InChI=1S/C16H16N2OS/c1-11-8-14(12(2)19-11)15-10-20-16(18-15)17-9-13-6-4-3-5-7-13/h3-8,10H,9H2,1-2H3,(H,17,18). The number of aromatic nitrogens is 1. The SMILES string of the molecule is Cc1cc(-c2csc(NCc3ccccc3)n2)c(C)o1. The van der Waals surface area contributed by atoms with Crippen LogP contribution in [0.2, 0.25) is 0 Å². The van der Waals surface area contributed by atoms with Crippen LogP contribution in [0.5, 0.6) is 0 Å². The van der Waals surface area contributed by atoms with Crippen molar-refractivity contribution in [3.63, 3.8) is 0 Å². The molecule has 0 bridgehead atoms. The van der Waals surface area contributed by atoms with Gasteiger partial charge >= 0.3 is 0 Å². The van der Waals surface area contributed by atoms with Crippen LogP contribution in [-0.2, 0) is 6.54 Å². The number of hydrogen-bond donors (Lipinski definition) is 1. The molecule has 0 aliphatic carbocycles. The third-order valence-corrected chi connectivity index (χ3v) is 3.91. The summed E-state index contributed by atoms with van der Waals surface area (Å²) in [6.07, 6.45) is 0. The number of rotatable bonds is 4. The molecule has 3 rings (SSSR count). The molecule has 0 amide bonds. The molecule has 3 aromatic rings. The number of benzene rings is 1. The molecular weight excluding hydrogens is 268 g/mol. The molecule has 0 aliphatic heterocycles. The Balaban J connectivity index is 1.73. The van der Waals surface area contributed by atoms with Gasteiger partial charge in [-0.2, -0.15) is 0 Å². The van der Waals surface area contributed by atoms with Gasteiger partial charge in [0.2, 0.25) is 0 Å². The Morgan fingerprint density at radius 2 is 2.00 bits per heavy atom. The van der Waals surface area contributed by atoms with Crippen LogP contribution in [0.4, 0.5) is 5.13 Å². The van der Waals surface area contributed by atoms with Gasteiger partial charge in [0, 0.05) is 17.5 Å². The summed E-state index contributed by atoms with van der Waals surface area (Å²) in [5, 5.41) is 6.35. The molecule has 3 nitrogen and oxygen atoms in total. The molecule has 0 radical (unpaired) electrons. The van der Waals surface area contributed by atoms with E-state index in [1.165, 1.54) is 5.56 Å². The predicted octanol–water partition coefficient (Wildman–Crippen LogP) is 4.63. The molecule has 1 aromatic carbocycles. The predicted molar refractivity (Wildman–Crippen MR) is 83.1 cm³/mol. The van der Waals surface area contributed by atoms with Crippen molar-refractivity contribution in [1.29, 1.82) is 0 Å². The van der Waals surface area contributed by atoms with Crippen LogP contribution in [0.1, 0.15) is 17.1 Å². The molecule has 0 atom stereocenters. The summed E-state index contributed by atoms with van der Waals surface area (Å²) in [6.45, 7) is 4.72. The van der Waals surface area contributed by atoms with Gasteiger partial charge < -0.3 is 9.73 Å². The fourth-order valence-electron chi connectivity index (χ4n) is 2.14. The van der Waals surface area contributed by atoms with E-state index >= 15 is 0 Å². The first kappa shape index (κ1) is 12.9. The zero-order valence-corrected chi connectivity index (χ0v) is 12.3. The van der Waals surface area contributed by atoms with Crippen molar-refractivity contribution in [3.8, 4) is 11.3 Å². The first-order valence-corrected chi connectivity index (χ1v) is 7.41. The highest BCUT2D eigenvalue weighted by Gasteiger charge is 2.10. The molecule has 2 aromatic heterocycles. The van der Waals surface area contributed by atoms with Crippen molar-refractivity contribution in [3.05, 3.63) is 58.9 Å². The van der Waals surface area contributed by atoms with Gasteiger partial charge in [-0.15, -0.1) is 11.3 Å². The smallest absolute Gasteiger partial charge is 0.183 e. The van der Waals surface area contributed by atoms with Crippen molar-refractivity contribution in [2.45, 2.75) is 20.4 Å². The molecule has 20 heavy (non-hydrogen) atoms. The lowest BCUT2D eigenvalue weighted by Crippen LogP contribution is -1.98. The third kappa shape index (κ3) is 2.75. The highest BCUT2D eigenvalue weighted by Crippen LogP contribution is 2.29. The maximum atomic E-state index is 5.55. The number of nitrogens with one attached hydrogen (secondary N) is 1. The van der Waals surface area contributed by atoms with E-state index in [9.17, 15) is 0 Å². The second-order valence-corrected chi connectivity index (χ2v) is 5.56. The van der Waals surface area contributed by atoms with Crippen molar-refractivity contribution < 1.29 is 4.42 Å². The number of anilines is 1. The number of thiazole rings is 1. The van der Waals surface area contributed by atoms with Crippen LogP contribution in [0.15, 0.2) is 46.2 Å². The lowest BCUT2D eigenvalue weighted by atomic mass is 10.2. The Labute approximate surface area is 122 Å². The zero-order valence-electron chi connectivity index (χ0n) is 11.5. The topological polar surface area (TPSA) is 38.1 Å². The van der Waals surface area contributed by atoms with Crippen LogP contribution in [-0.4, -0.2) is 4.98 Å². The Kier molecular flexibility index (Phi) is 3.56.